The van der Waals surface area contributed by atoms with Crippen molar-refractivity contribution in [1.82, 2.24) is 4.90 Å². The third-order valence-electron chi connectivity index (χ3n) is 1.65. The van der Waals surface area contributed by atoms with Gasteiger partial charge in [-0.2, -0.15) is 12.6 Å². The molecule has 0 spiro atoms. The van der Waals surface area contributed by atoms with E-state index in [1.165, 1.54) is 4.90 Å². The van der Waals surface area contributed by atoms with E-state index in [1.54, 1.807) is 7.05 Å². The number of thiol groups is 1. The minimum Gasteiger partial charge on any atom is -0.368 e. The Labute approximate surface area is 83.9 Å². The van der Waals surface area contributed by atoms with Gasteiger partial charge in [0.1, 0.15) is 0 Å². The third-order valence-corrected chi connectivity index (χ3v) is 2.47. The van der Waals surface area contributed by atoms with Crippen molar-refractivity contribution in [1.29, 1.82) is 0 Å². The highest BCUT2D eigenvalue weighted by atomic mass is 32.1. The Morgan fingerprint density at radius 2 is 1.92 bits per heavy atom. The highest BCUT2D eigenvalue weighted by Gasteiger charge is 2.21. The lowest BCUT2D eigenvalue weighted by Gasteiger charge is -2.21. The van der Waals surface area contributed by atoms with E-state index in [4.69, 9.17) is 5.73 Å². The van der Waals surface area contributed by atoms with E-state index < -0.39 is 5.91 Å². The van der Waals surface area contributed by atoms with Crippen LogP contribution >= 0.6 is 12.6 Å². The highest BCUT2D eigenvalue weighted by molar-refractivity contribution is 7.81. The first-order valence-electron chi connectivity index (χ1n) is 4.07. The van der Waals surface area contributed by atoms with Gasteiger partial charge in [-0.25, -0.2) is 0 Å². The Balaban J connectivity index is 4.17. The zero-order valence-corrected chi connectivity index (χ0v) is 9.04. The molecule has 13 heavy (non-hydrogen) atoms. The predicted molar refractivity (Wildman–Crippen MR) is 54.4 cm³/mol. The van der Waals surface area contributed by atoms with Gasteiger partial charge in [-0.3, -0.25) is 9.59 Å². The lowest BCUT2D eigenvalue weighted by molar-refractivity contribution is -0.133. The average molecular weight is 204 g/mol. The van der Waals surface area contributed by atoms with Crippen molar-refractivity contribution in [2.45, 2.75) is 19.1 Å². The van der Waals surface area contributed by atoms with E-state index in [0.717, 1.165) is 0 Å². The number of likely N-dealkylation sites (N-methyl/N-ethyl adjacent to an activating group) is 1. The quantitative estimate of drug-likeness (QED) is 0.627. The predicted octanol–water partition coefficient (Wildman–Crippen LogP) is -0.116. The van der Waals surface area contributed by atoms with Crippen LogP contribution in [0, 0.1) is 5.92 Å². The maximum atomic E-state index is 11.5. The van der Waals surface area contributed by atoms with Gasteiger partial charge in [0, 0.05) is 7.05 Å². The molecule has 2 amide bonds. The molecule has 0 aliphatic carbocycles. The van der Waals surface area contributed by atoms with Gasteiger partial charge in [0.05, 0.1) is 11.8 Å². The largest absolute Gasteiger partial charge is 0.368 e. The van der Waals surface area contributed by atoms with Crippen LogP contribution in [0.4, 0.5) is 0 Å². The number of hydrogen-bond donors (Lipinski definition) is 2. The molecule has 5 heteroatoms. The summed E-state index contributed by atoms with van der Waals surface area (Å²) in [6.45, 7) is 3.74. The third kappa shape index (κ3) is 4.17. The van der Waals surface area contributed by atoms with Crippen molar-refractivity contribution in [2.24, 2.45) is 11.7 Å². The molecule has 0 aliphatic rings. The molecule has 0 fully saturated rings. The van der Waals surface area contributed by atoms with Crippen LogP contribution in [0.2, 0.25) is 0 Å². The Kier molecular flexibility index (Phi) is 4.83. The molecule has 76 valence electrons. The number of primary amides is 1. The normalized spacial score (nSPS) is 12.7. The van der Waals surface area contributed by atoms with Crippen molar-refractivity contribution in [3.8, 4) is 0 Å². The number of rotatable bonds is 4. The molecule has 0 rings (SSSR count). The fourth-order valence-electron chi connectivity index (χ4n) is 0.823. The SMILES string of the molecule is CC(C)C(S)C(=O)N(C)CC(N)=O. The molecule has 0 saturated carbocycles. The van der Waals surface area contributed by atoms with Crippen molar-refractivity contribution in [3.05, 3.63) is 0 Å². The Hall–Kier alpha value is -0.710. The Morgan fingerprint density at radius 3 is 2.23 bits per heavy atom. The second kappa shape index (κ2) is 5.11. The average Bonchev–Trinajstić information content (AvgIpc) is 2.00. The van der Waals surface area contributed by atoms with E-state index >= 15 is 0 Å². The van der Waals surface area contributed by atoms with E-state index in [-0.39, 0.29) is 23.6 Å². The lowest BCUT2D eigenvalue weighted by atomic mass is 10.1. The van der Waals surface area contributed by atoms with E-state index in [9.17, 15) is 9.59 Å². The summed E-state index contributed by atoms with van der Waals surface area (Å²) in [5, 5.41) is -0.371. The molecule has 0 aromatic rings. The molecule has 1 unspecified atom stereocenters. The number of nitrogens with zero attached hydrogens (tertiary/aromatic N) is 1. The Bertz CT molecular complexity index is 206. The summed E-state index contributed by atoms with van der Waals surface area (Å²) < 4.78 is 0. The first-order valence-corrected chi connectivity index (χ1v) is 4.59. The van der Waals surface area contributed by atoms with Gasteiger partial charge in [0.2, 0.25) is 11.8 Å². The first-order chi connectivity index (χ1) is 5.86. The second-order valence-corrected chi connectivity index (χ2v) is 3.91. The molecule has 0 aliphatic heterocycles. The van der Waals surface area contributed by atoms with Gasteiger partial charge < -0.3 is 10.6 Å². The van der Waals surface area contributed by atoms with E-state index in [0.29, 0.717) is 0 Å². The molecule has 4 nitrogen and oxygen atoms in total. The van der Waals surface area contributed by atoms with Crippen LogP contribution in [-0.4, -0.2) is 35.6 Å². The van der Waals surface area contributed by atoms with Gasteiger partial charge in [0.25, 0.3) is 0 Å². The van der Waals surface area contributed by atoms with Crippen molar-refractivity contribution >= 4 is 24.4 Å². The minimum absolute atomic E-state index is 0.0530. The van der Waals surface area contributed by atoms with Crippen LogP contribution in [0.1, 0.15) is 13.8 Å². The summed E-state index contributed by atoms with van der Waals surface area (Å²) in [5.41, 5.74) is 4.95. The molecule has 0 bridgehead atoms. The molecule has 1 atom stereocenters. The van der Waals surface area contributed by atoms with Crippen LogP contribution in [0.5, 0.6) is 0 Å². The van der Waals surface area contributed by atoms with Crippen LogP contribution < -0.4 is 5.73 Å². The van der Waals surface area contributed by atoms with Gasteiger partial charge in [0.15, 0.2) is 0 Å². The number of hydrogen-bond acceptors (Lipinski definition) is 3. The van der Waals surface area contributed by atoms with Gasteiger partial charge in [-0.05, 0) is 5.92 Å². The second-order valence-electron chi connectivity index (χ2n) is 3.35. The number of carbonyl (C=O) groups is 2. The zero-order valence-electron chi connectivity index (χ0n) is 8.15. The molecule has 0 heterocycles. The minimum atomic E-state index is -0.514. The summed E-state index contributed by atoms with van der Waals surface area (Å²) in [4.78, 5) is 23.3. The lowest BCUT2D eigenvalue weighted by Crippen LogP contribution is -2.41. The van der Waals surface area contributed by atoms with Crippen LogP contribution in [0.3, 0.4) is 0 Å². The van der Waals surface area contributed by atoms with Gasteiger partial charge in [-0.1, -0.05) is 13.8 Å². The molecular formula is C8H16N2O2S. The number of nitrogens with two attached hydrogens (primary N) is 1. The zero-order chi connectivity index (χ0) is 10.6. The molecule has 0 saturated heterocycles. The van der Waals surface area contributed by atoms with Crippen molar-refractivity contribution in [2.75, 3.05) is 13.6 Å². The van der Waals surface area contributed by atoms with Gasteiger partial charge in [-0.15, -0.1) is 0 Å². The summed E-state index contributed by atoms with van der Waals surface area (Å²) >= 11 is 4.14. The van der Waals surface area contributed by atoms with Crippen LogP contribution in [-0.2, 0) is 9.59 Å². The van der Waals surface area contributed by atoms with Crippen molar-refractivity contribution < 1.29 is 9.59 Å². The van der Waals surface area contributed by atoms with Crippen LogP contribution in [0.25, 0.3) is 0 Å². The highest BCUT2D eigenvalue weighted by Crippen LogP contribution is 2.11. The standard InChI is InChI=1S/C8H16N2O2S/c1-5(2)7(13)8(12)10(3)4-6(9)11/h5,7,13H,4H2,1-3H3,(H2,9,11). The van der Waals surface area contributed by atoms with Crippen molar-refractivity contribution in [3.63, 3.8) is 0 Å². The molecule has 0 radical (unpaired) electrons. The van der Waals surface area contributed by atoms with Crippen LogP contribution in [0.15, 0.2) is 0 Å². The Morgan fingerprint density at radius 1 is 1.46 bits per heavy atom. The number of amides is 2. The molecule has 2 N–H and O–H groups in total. The summed E-state index contributed by atoms with van der Waals surface area (Å²) in [7, 11) is 1.54. The fraction of sp³-hybridized carbons (Fsp3) is 0.750. The fourth-order valence-corrected chi connectivity index (χ4v) is 1.02. The number of carbonyl (C=O) groups excluding carboxylic acids is 2. The maximum Gasteiger partial charge on any atom is 0.237 e. The summed E-state index contributed by atoms with van der Waals surface area (Å²) in [5.74, 6) is -0.538. The molecular weight excluding hydrogens is 188 g/mol. The summed E-state index contributed by atoms with van der Waals surface area (Å²) in [6.07, 6.45) is 0. The van der Waals surface area contributed by atoms with E-state index in [1.807, 2.05) is 13.8 Å². The molecule has 0 aromatic carbocycles. The topological polar surface area (TPSA) is 63.4 Å². The smallest absolute Gasteiger partial charge is 0.237 e. The summed E-state index contributed by atoms with van der Waals surface area (Å²) in [6, 6.07) is 0. The maximum absolute atomic E-state index is 11.5. The van der Waals surface area contributed by atoms with E-state index in [2.05, 4.69) is 12.6 Å². The van der Waals surface area contributed by atoms with Gasteiger partial charge >= 0.3 is 0 Å². The monoisotopic (exact) mass is 204 g/mol. The first kappa shape index (κ1) is 12.3. The molecule has 0 aromatic heterocycles.